The van der Waals surface area contributed by atoms with Crippen LogP contribution in [0.5, 0.6) is 5.88 Å². The molecule has 1 aromatic rings. The molecule has 0 spiro atoms. The number of allylic oxidation sites excluding steroid dienone is 1. The summed E-state index contributed by atoms with van der Waals surface area (Å²) < 4.78 is 1.54. The average Bonchev–Trinajstić information content (AvgIpc) is 2.24. The Labute approximate surface area is 99.0 Å². The van der Waals surface area contributed by atoms with Gasteiger partial charge in [0.1, 0.15) is 0 Å². The minimum atomic E-state index is -0.175. The third-order valence-corrected chi connectivity index (χ3v) is 3.00. The van der Waals surface area contributed by atoms with Crippen molar-refractivity contribution in [3.05, 3.63) is 28.6 Å². The van der Waals surface area contributed by atoms with Crippen LogP contribution < -0.4 is 5.56 Å². The van der Waals surface area contributed by atoms with Gasteiger partial charge in [-0.1, -0.05) is 31.7 Å². The van der Waals surface area contributed by atoms with E-state index in [1.807, 2.05) is 13.8 Å². The van der Waals surface area contributed by atoms with E-state index >= 15 is 0 Å². The topological polar surface area (TPSA) is 55.1 Å². The van der Waals surface area contributed by atoms with Crippen LogP contribution in [0.15, 0.2) is 22.6 Å². The Kier molecular flexibility index (Phi) is 4.61. The molecule has 16 heavy (non-hydrogen) atoms. The summed E-state index contributed by atoms with van der Waals surface area (Å²) in [5.74, 6) is 0.651. The second-order valence-electron chi connectivity index (χ2n) is 3.19. The third kappa shape index (κ3) is 2.47. The minimum absolute atomic E-state index is 0.149. The summed E-state index contributed by atoms with van der Waals surface area (Å²) in [6.45, 7) is 7.83. The van der Waals surface area contributed by atoms with E-state index in [1.54, 1.807) is 10.6 Å². The van der Waals surface area contributed by atoms with Crippen molar-refractivity contribution in [2.75, 3.05) is 5.75 Å². The van der Waals surface area contributed by atoms with E-state index in [2.05, 4.69) is 11.6 Å². The molecule has 0 aliphatic rings. The monoisotopic (exact) mass is 240 g/mol. The summed E-state index contributed by atoms with van der Waals surface area (Å²) in [4.78, 5) is 16.1. The van der Waals surface area contributed by atoms with Gasteiger partial charge in [0.2, 0.25) is 5.88 Å². The summed E-state index contributed by atoms with van der Waals surface area (Å²) in [7, 11) is 0. The van der Waals surface area contributed by atoms with E-state index in [4.69, 9.17) is 0 Å². The maximum absolute atomic E-state index is 12.0. The van der Waals surface area contributed by atoms with Crippen molar-refractivity contribution < 1.29 is 5.11 Å². The number of thioether (sulfide) groups is 1. The summed E-state index contributed by atoms with van der Waals surface area (Å²) in [6, 6.07) is 0. The lowest BCUT2D eigenvalue weighted by Crippen LogP contribution is -2.25. The van der Waals surface area contributed by atoms with Crippen LogP contribution in [0.2, 0.25) is 0 Å². The van der Waals surface area contributed by atoms with E-state index in [0.717, 1.165) is 5.75 Å². The van der Waals surface area contributed by atoms with Crippen LogP contribution in [-0.2, 0) is 13.0 Å². The maximum Gasteiger partial charge on any atom is 0.261 e. The lowest BCUT2D eigenvalue weighted by Gasteiger charge is -2.11. The molecule has 0 amide bonds. The fraction of sp³-hybridized carbons (Fsp3) is 0.455. The number of aromatic hydroxyl groups is 1. The van der Waals surface area contributed by atoms with Gasteiger partial charge in [0.05, 0.1) is 5.56 Å². The highest BCUT2D eigenvalue weighted by molar-refractivity contribution is 7.99. The summed E-state index contributed by atoms with van der Waals surface area (Å²) in [6.07, 6.45) is 2.13. The van der Waals surface area contributed by atoms with Crippen molar-refractivity contribution in [3.63, 3.8) is 0 Å². The Morgan fingerprint density at radius 2 is 2.25 bits per heavy atom. The molecule has 1 heterocycles. The van der Waals surface area contributed by atoms with Crippen molar-refractivity contribution in [2.45, 2.75) is 32.0 Å². The predicted octanol–water partition coefficient (Wildman–Crippen LogP) is 1.81. The first kappa shape index (κ1) is 12.8. The Morgan fingerprint density at radius 1 is 1.56 bits per heavy atom. The Balaban J connectivity index is 3.39. The predicted molar refractivity (Wildman–Crippen MR) is 66.1 cm³/mol. The molecule has 0 radical (unpaired) electrons. The standard InChI is InChI=1S/C11H16N2O2S/c1-4-7-13-10(15)8(5-2)9(14)12-11(13)16-6-3/h4,14H,1,5-7H2,2-3H3. The molecule has 0 atom stereocenters. The van der Waals surface area contributed by atoms with Gasteiger partial charge in [0.25, 0.3) is 5.56 Å². The molecule has 0 bridgehead atoms. The van der Waals surface area contributed by atoms with Gasteiger partial charge in [0.15, 0.2) is 5.16 Å². The molecule has 0 fully saturated rings. The van der Waals surface area contributed by atoms with Crippen LogP contribution in [0.4, 0.5) is 0 Å². The molecule has 1 aromatic heterocycles. The lowest BCUT2D eigenvalue weighted by molar-refractivity contribution is 0.427. The highest BCUT2D eigenvalue weighted by Gasteiger charge is 2.13. The quantitative estimate of drug-likeness (QED) is 0.484. The van der Waals surface area contributed by atoms with E-state index in [0.29, 0.717) is 23.7 Å². The van der Waals surface area contributed by atoms with Crippen LogP contribution >= 0.6 is 11.8 Å². The van der Waals surface area contributed by atoms with Crippen molar-refractivity contribution in [3.8, 4) is 5.88 Å². The van der Waals surface area contributed by atoms with E-state index in [9.17, 15) is 9.90 Å². The molecule has 5 heteroatoms. The molecule has 1 rings (SSSR count). The van der Waals surface area contributed by atoms with Crippen molar-refractivity contribution in [1.82, 2.24) is 9.55 Å². The number of nitrogens with zero attached hydrogens (tertiary/aromatic N) is 2. The summed E-state index contributed by atoms with van der Waals surface area (Å²) >= 11 is 1.43. The van der Waals surface area contributed by atoms with Gasteiger partial charge in [-0.15, -0.1) is 6.58 Å². The number of rotatable bonds is 5. The zero-order valence-electron chi connectivity index (χ0n) is 9.56. The zero-order chi connectivity index (χ0) is 12.1. The first-order valence-electron chi connectivity index (χ1n) is 5.22. The van der Waals surface area contributed by atoms with E-state index in [-0.39, 0.29) is 11.4 Å². The molecule has 4 nitrogen and oxygen atoms in total. The molecule has 0 aromatic carbocycles. The molecular weight excluding hydrogens is 224 g/mol. The van der Waals surface area contributed by atoms with Crippen molar-refractivity contribution in [1.29, 1.82) is 0 Å². The smallest absolute Gasteiger partial charge is 0.261 e. The first-order chi connectivity index (χ1) is 7.65. The van der Waals surface area contributed by atoms with Gasteiger partial charge < -0.3 is 5.11 Å². The van der Waals surface area contributed by atoms with Crippen LogP contribution in [0, 0.1) is 0 Å². The normalized spacial score (nSPS) is 10.4. The summed E-state index contributed by atoms with van der Waals surface area (Å²) in [5.41, 5.74) is 0.188. The Bertz CT molecular complexity index is 440. The maximum atomic E-state index is 12.0. The fourth-order valence-corrected chi connectivity index (χ4v) is 2.13. The highest BCUT2D eigenvalue weighted by Crippen LogP contribution is 2.19. The van der Waals surface area contributed by atoms with Gasteiger partial charge in [-0.2, -0.15) is 4.98 Å². The van der Waals surface area contributed by atoms with Gasteiger partial charge in [-0.3, -0.25) is 9.36 Å². The minimum Gasteiger partial charge on any atom is -0.493 e. The molecule has 0 aliphatic heterocycles. The van der Waals surface area contributed by atoms with Gasteiger partial charge >= 0.3 is 0 Å². The Morgan fingerprint density at radius 3 is 2.75 bits per heavy atom. The molecule has 0 aliphatic carbocycles. The molecule has 0 saturated heterocycles. The number of hydrogen-bond donors (Lipinski definition) is 1. The molecular formula is C11H16N2O2S. The molecule has 0 unspecified atom stereocenters. The third-order valence-electron chi connectivity index (χ3n) is 2.14. The first-order valence-corrected chi connectivity index (χ1v) is 6.20. The largest absolute Gasteiger partial charge is 0.493 e. The Hall–Kier alpha value is -1.23. The van der Waals surface area contributed by atoms with Crippen LogP contribution in [0.1, 0.15) is 19.4 Å². The second-order valence-corrected chi connectivity index (χ2v) is 4.42. The number of hydrogen-bond acceptors (Lipinski definition) is 4. The zero-order valence-corrected chi connectivity index (χ0v) is 10.4. The SMILES string of the molecule is C=CCn1c(SCC)nc(O)c(CC)c1=O. The van der Waals surface area contributed by atoms with Crippen LogP contribution in [0.3, 0.4) is 0 Å². The van der Waals surface area contributed by atoms with Crippen LogP contribution in [-0.4, -0.2) is 20.4 Å². The van der Waals surface area contributed by atoms with E-state index in [1.165, 1.54) is 11.8 Å². The lowest BCUT2D eigenvalue weighted by atomic mass is 10.2. The van der Waals surface area contributed by atoms with Gasteiger partial charge in [-0.25, -0.2) is 0 Å². The molecule has 0 saturated carbocycles. The van der Waals surface area contributed by atoms with Gasteiger partial charge in [-0.05, 0) is 12.2 Å². The fourth-order valence-electron chi connectivity index (χ4n) is 1.40. The van der Waals surface area contributed by atoms with E-state index < -0.39 is 0 Å². The van der Waals surface area contributed by atoms with Crippen molar-refractivity contribution >= 4 is 11.8 Å². The molecule has 1 N–H and O–H groups in total. The second kappa shape index (κ2) is 5.75. The summed E-state index contributed by atoms with van der Waals surface area (Å²) in [5, 5.41) is 10.2. The number of aromatic nitrogens is 2. The van der Waals surface area contributed by atoms with Gasteiger partial charge in [0, 0.05) is 6.54 Å². The average molecular weight is 240 g/mol. The van der Waals surface area contributed by atoms with Crippen molar-refractivity contribution in [2.24, 2.45) is 0 Å². The highest BCUT2D eigenvalue weighted by atomic mass is 32.2. The molecule has 88 valence electrons. The van der Waals surface area contributed by atoms with Crippen LogP contribution in [0.25, 0.3) is 0 Å².